The van der Waals surface area contributed by atoms with Crippen molar-refractivity contribution in [2.24, 2.45) is 0 Å². The van der Waals surface area contributed by atoms with Crippen molar-refractivity contribution in [3.05, 3.63) is 199 Å². The van der Waals surface area contributed by atoms with E-state index in [-0.39, 0.29) is 0 Å². The highest BCUT2D eigenvalue weighted by atomic mass is 15.0. The lowest BCUT2D eigenvalue weighted by atomic mass is 10.0. The van der Waals surface area contributed by atoms with Gasteiger partial charge in [0, 0.05) is 49.2 Å². The molecule has 0 atom stereocenters. The Balaban J connectivity index is 1.07. The largest absolute Gasteiger partial charge is 0.320 e. The van der Waals surface area contributed by atoms with Gasteiger partial charge in [-0.25, -0.2) is 9.69 Å². The zero-order valence-electron chi connectivity index (χ0n) is 29.5. The van der Waals surface area contributed by atoms with Crippen LogP contribution in [0.25, 0.3) is 103 Å². The zero-order chi connectivity index (χ0) is 36.6. The smallest absolute Gasteiger partial charge is 0.210 e. The van der Waals surface area contributed by atoms with Gasteiger partial charge < -0.3 is 13.7 Å². The molecule has 5 heteroatoms. The highest BCUT2D eigenvalue weighted by molar-refractivity contribution is 6.13. The molecule has 0 saturated carbocycles. The molecule has 0 N–H and O–H groups in total. The molecule has 0 bridgehead atoms. The van der Waals surface area contributed by atoms with Crippen LogP contribution in [0.3, 0.4) is 0 Å². The van der Waals surface area contributed by atoms with Crippen LogP contribution >= 0.6 is 0 Å². The SMILES string of the molecule is [C-]#[N+]c1ccc2c3ccccc3n(-c3cc(-c4ccc(-n5c6ccccc6c6ccc(-n7c8ccccc8c8ccccc87)cc65)cc4)ccc3[N+]#[C-])c2c1. The highest BCUT2D eigenvalue weighted by Crippen LogP contribution is 2.40. The standard InChI is InChI=1S/C50H29N5/c1-51-34-22-26-41-40-14-6-10-18-47(40)55(48(41)30-34)50-29-33(21-28-43(50)52-2)32-19-23-35(24-20-32)53-44-15-7-5-13-39(44)42-27-25-36(31-49(42)53)54-45-16-8-3-11-37(45)38-12-4-9-17-46(38)54/h3-31H. The first-order valence-electron chi connectivity index (χ1n) is 18.3. The van der Waals surface area contributed by atoms with Crippen molar-refractivity contribution in [1.82, 2.24) is 13.7 Å². The molecule has 0 aliphatic heterocycles. The summed E-state index contributed by atoms with van der Waals surface area (Å²) in [4.78, 5) is 7.66. The van der Waals surface area contributed by atoms with E-state index >= 15 is 0 Å². The number of aromatic nitrogens is 3. The van der Waals surface area contributed by atoms with Crippen LogP contribution in [0, 0.1) is 13.1 Å². The molecule has 0 spiro atoms. The van der Waals surface area contributed by atoms with E-state index in [0.717, 1.165) is 61.0 Å². The van der Waals surface area contributed by atoms with Gasteiger partial charge in [-0.2, -0.15) is 0 Å². The van der Waals surface area contributed by atoms with Crippen molar-refractivity contribution in [3.8, 4) is 28.2 Å². The molecule has 0 saturated heterocycles. The Morgan fingerprint density at radius 1 is 0.327 bits per heavy atom. The van der Waals surface area contributed by atoms with Crippen LogP contribution in [0.4, 0.5) is 11.4 Å². The molecule has 0 aliphatic carbocycles. The van der Waals surface area contributed by atoms with Crippen molar-refractivity contribution >= 4 is 76.8 Å². The van der Waals surface area contributed by atoms with Crippen LogP contribution < -0.4 is 0 Å². The molecular weight excluding hydrogens is 671 g/mol. The fraction of sp³-hybridized carbons (Fsp3) is 0. The maximum Gasteiger partial charge on any atom is 0.210 e. The van der Waals surface area contributed by atoms with Gasteiger partial charge in [-0.15, -0.1) is 0 Å². The summed E-state index contributed by atoms with van der Waals surface area (Å²) in [6.45, 7) is 15.8. The van der Waals surface area contributed by atoms with Gasteiger partial charge in [0.15, 0.2) is 5.69 Å². The Morgan fingerprint density at radius 2 is 0.782 bits per heavy atom. The molecule has 55 heavy (non-hydrogen) atoms. The minimum Gasteiger partial charge on any atom is -0.320 e. The number of nitrogens with zero attached hydrogens (tertiary/aromatic N) is 5. The summed E-state index contributed by atoms with van der Waals surface area (Å²) in [5, 5.41) is 7.05. The van der Waals surface area contributed by atoms with E-state index in [9.17, 15) is 0 Å². The molecular formula is C50H29N5. The van der Waals surface area contributed by atoms with Crippen molar-refractivity contribution < 1.29 is 0 Å². The molecule has 3 aromatic heterocycles. The first-order valence-corrected chi connectivity index (χ1v) is 18.3. The Morgan fingerprint density at radius 3 is 1.35 bits per heavy atom. The molecule has 0 fully saturated rings. The first-order chi connectivity index (χ1) is 27.2. The van der Waals surface area contributed by atoms with Crippen LogP contribution in [0.15, 0.2) is 176 Å². The van der Waals surface area contributed by atoms with Crippen molar-refractivity contribution in [1.29, 1.82) is 0 Å². The number of para-hydroxylation sites is 4. The lowest BCUT2D eigenvalue weighted by Gasteiger charge is -2.14. The van der Waals surface area contributed by atoms with Crippen LogP contribution in [0.5, 0.6) is 0 Å². The average molecular weight is 700 g/mol. The van der Waals surface area contributed by atoms with Gasteiger partial charge in [-0.3, -0.25) is 0 Å². The minimum atomic E-state index is 0.556. The quantitative estimate of drug-likeness (QED) is 0.163. The van der Waals surface area contributed by atoms with Gasteiger partial charge in [-0.05, 0) is 71.8 Å². The van der Waals surface area contributed by atoms with Crippen molar-refractivity contribution in [2.75, 3.05) is 0 Å². The predicted molar refractivity (Wildman–Crippen MR) is 227 cm³/mol. The maximum absolute atomic E-state index is 8.10. The number of hydrogen-bond donors (Lipinski definition) is 0. The second-order valence-corrected chi connectivity index (χ2v) is 14.0. The minimum absolute atomic E-state index is 0.556. The third kappa shape index (κ3) is 4.51. The van der Waals surface area contributed by atoms with E-state index in [0.29, 0.717) is 11.4 Å². The summed E-state index contributed by atoms with van der Waals surface area (Å²) in [6, 6.07) is 61.5. The molecule has 0 amide bonds. The van der Waals surface area contributed by atoms with E-state index < -0.39 is 0 Å². The summed E-state index contributed by atoms with van der Waals surface area (Å²) in [5.41, 5.74) is 12.8. The maximum atomic E-state index is 8.10. The van der Waals surface area contributed by atoms with Crippen LogP contribution in [0.2, 0.25) is 0 Å². The lowest BCUT2D eigenvalue weighted by molar-refractivity contribution is 1.15. The predicted octanol–water partition coefficient (Wildman–Crippen LogP) is 13.7. The van der Waals surface area contributed by atoms with E-state index in [1.807, 2.05) is 42.5 Å². The molecule has 0 aliphatic rings. The first kappa shape index (κ1) is 30.7. The third-order valence-corrected chi connectivity index (χ3v) is 11.1. The Kier molecular flexibility index (Phi) is 6.61. The van der Waals surface area contributed by atoms with Crippen molar-refractivity contribution in [3.63, 3.8) is 0 Å². The molecule has 11 rings (SSSR count). The molecule has 0 unspecified atom stereocenters. The Bertz CT molecular complexity index is 3400. The van der Waals surface area contributed by atoms with Gasteiger partial charge in [0.25, 0.3) is 0 Å². The van der Waals surface area contributed by atoms with Gasteiger partial charge in [-0.1, -0.05) is 115 Å². The summed E-state index contributed by atoms with van der Waals surface area (Å²) in [7, 11) is 0. The Hall–Kier alpha value is -7.86. The van der Waals surface area contributed by atoms with Gasteiger partial charge in [0.2, 0.25) is 5.69 Å². The zero-order valence-corrected chi connectivity index (χ0v) is 29.5. The lowest BCUT2D eigenvalue weighted by Crippen LogP contribution is -1.97. The molecule has 11 aromatic rings. The van der Waals surface area contributed by atoms with Crippen LogP contribution in [0.1, 0.15) is 0 Å². The molecule has 3 heterocycles. The fourth-order valence-corrected chi connectivity index (χ4v) is 8.64. The molecule has 8 aromatic carbocycles. The van der Waals surface area contributed by atoms with E-state index in [2.05, 4.69) is 157 Å². The Labute approximate surface area is 316 Å². The molecule has 5 nitrogen and oxygen atoms in total. The fourth-order valence-electron chi connectivity index (χ4n) is 8.64. The normalized spacial score (nSPS) is 11.6. The summed E-state index contributed by atoms with van der Waals surface area (Å²) >= 11 is 0. The topological polar surface area (TPSA) is 23.5 Å². The number of fused-ring (bicyclic) bond motifs is 9. The van der Waals surface area contributed by atoms with Crippen LogP contribution in [-0.4, -0.2) is 13.7 Å². The summed E-state index contributed by atoms with van der Waals surface area (Å²) in [6.07, 6.45) is 0. The van der Waals surface area contributed by atoms with E-state index in [4.69, 9.17) is 13.1 Å². The average Bonchev–Trinajstić information content (AvgIpc) is 3.88. The number of hydrogen-bond acceptors (Lipinski definition) is 0. The van der Waals surface area contributed by atoms with Gasteiger partial charge in [0.05, 0.1) is 46.4 Å². The monoisotopic (exact) mass is 699 g/mol. The summed E-state index contributed by atoms with van der Waals surface area (Å²) < 4.78 is 6.88. The van der Waals surface area contributed by atoms with Crippen molar-refractivity contribution in [2.45, 2.75) is 0 Å². The van der Waals surface area contributed by atoms with Crippen LogP contribution in [-0.2, 0) is 0 Å². The molecule has 254 valence electrons. The second kappa shape index (κ2) is 11.8. The molecule has 0 radical (unpaired) electrons. The number of benzene rings is 8. The second-order valence-electron chi connectivity index (χ2n) is 14.0. The van der Waals surface area contributed by atoms with E-state index in [1.165, 1.54) is 32.6 Å². The van der Waals surface area contributed by atoms with E-state index in [1.54, 1.807) is 0 Å². The summed E-state index contributed by atoms with van der Waals surface area (Å²) in [5.74, 6) is 0. The van der Waals surface area contributed by atoms with Gasteiger partial charge in [0.1, 0.15) is 0 Å². The van der Waals surface area contributed by atoms with Gasteiger partial charge >= 0.3 is 0 Å². The number of rotatable bonds is 4. The highest BCUT2D eigenvalue weighted by Gasteiger charge is 2.18. The third-order valence-electron chi connectivity index (χ3n) is 11.1.